The van der Waals surface area contributed by atoms with Crippen LogP contribution in [0.1, 0.15) is 41.0 Å². The molecule has 0 aromatic heterocycles. The lowest BCUT2D eigenvalue weighted by atomic mass is 9.85. The van der Waals surface area contributed by atoms with Gasteiger partial charge in [-0.2, -0.15) is 0 Å². The van der Waals surface area contributed by atoms with Gasteiger partial charge in [-0.25, -0.2) is 0 Å². The van der Waals surface area contributed by atoms with E-state index in [9.17, 15) is 4.79 Å². The SMILES string of the molecule is CCCNC(=O)CNCC(C(C)C)C(C)C. The Hall–Kier alpha value is -0.570. The van der Waals surface area contributed by atoms with Crippen molar-refractivity contribution in [1.82, 2.24) is 10.6 Å². The van der Waals surface area contributed by atoms with Gasteiger partial charge in [0.25, 0.3) is 0 Å². The maximum atomic E-state index is 11.3. The number of nitrogens with one attached hydrogen (secondary N) is 2. The number of hydrogen-bond donors (Lipinski definition) is 2. The molecule has 0 radical (unpaired) electrons. The van der Waals surface area contributed by atoms with E-state index < -0.39 is 0 Å². The quantitative estimate of drug-likeness (QED) is 0.667. The second-order valence-electron chi connectivity index (χ2n) is 5.13. The van der Waals surface area contributed by atoms with Gasteiger partial charge in [0.2, 0.25) is 5.91 Å². The van der Waals surface area contributed by atoms with Crippen molar-refractivity contribution in [3.05, 3.63) is 0 Å². The van der Waals surface area contributed by atoms with Gasteiger partial charge in [-0.3, -0.25) is 4.79 Å². The molecule has 0 saturated heterocycles. The summed E-state index contributed by atoms with van der Waals surface area (Å²) in [6.45, 7) is 13.2. The third-order valence-electron chi connectivity index (χ3n) is 2.95. The Kier molecular flexibility index (Phi) is 8.26. The fourth-order valence-corrected chi connectivity index (χ4v) is 1.92. The van der Waals surface area contributed by atoms with Crippen molar-refractivity contribution in [2.24, 2.45) is 17.8 Å². The maximum absolute atomic E-state index is 11.3. The summed E-state index contributed by atoms with van der Waals surface area (Å²) in [7, 11) is 0. The van der Waals surface area contributed by atoms with E-state index >= 15 is 0 Å². The largest absolute Gasteiger partial charge is 0.355 e. The van der Waals surface area contributed by atoms with Gasteiger partial charge in [-0.1, -0.05) is 34.6 Å². The van der Waals surface area contributed by atoms with Crippen LogP contribution < -0.4 is 10.6 Å². The van der Waals surface area contributed by atoms with E-state index in [0.29, 0.717) is 24.3 Å². The van der Waals surface area contributed by atoms with E-state index in [1.165, 1.54) is 0 Å². The van der Waals surface area contributed by atoms with Crippen molar-refractivity contribution < 1.29 is 4.79 Å². The van der Waals surface area contributed by atoms with Gasteiger partial charge >= 0.3 is 0 Å². The van der Waals surface area contributed by atoms with Crippen LogP contribution >= 0.6 is 0 Å². The van der Waals surface area contributed by atoms with Crippen molar-refractivity contribution in [2.75, 3.05) is 19.6 Å². The highest BCUT2D eigenvalue weighted by Crippen LogP contribution is 2.19. The Balaban J connectivity index is 3.73. The summed E-state index contributed by atoms with van der Waals surface area (Å²) in [5.74, 6) is 2.06. The molecule has 0 bridgehead atoms. The van der Waals surface area contributed by atoms with Crippen LogP contribution in [0.15, 0.2) is 0 Å². The number of rotatable bonds is 8. The summed E-state index contributed by atoms with van der Waals surface area (Å²) in [6, 6.07) is 0. The number of hydrogen-bond acceptors (Lipinski definition) is 2. The summed E-state index contributed by atoms with van der Waals surface area (Å²) in [6.07, 6.45) is 0.992. The Morgan fingerprint density at radius 2 is 1.69 bits per heavy atom. The third kappa shape index (κ3) is 6.83. The number of carbonyl (C=O) groups excluding carboxylic acids is 1. The Labute approximate surface area is 100 Å². The first-order valence-corrected chi connectivity index (χ1v) is 6.46. The molecule has 3 heteroatoms. The van der Waals surface area contributed by atoms with E-state index in [0.717, 1.165) is 19.5 Å². The van der Waals surface area contributed by atoms with Crippen molar-refractivity contribution in [2.45, 2.75) is 41.0 Å². The van der Waals surface area contributed by atoms with Gasteiger partial charge in [-0.05, 0) is 30.7 Å². The van der Waals surface area contributed by atoms with Crippen molar-refractivity contribution in [3.63, 3.8) is 0 Å². The molecule has 0 heterocycles. The molecule has 0 aromatic carbocycles. The first-order chi connectivity index (χ1) is 7.49. The molecule has 0 fully saturated rings. The lowest BCUT2D eigenvalue weighted by molar-refractivity contribution is -0.120. The smallest absolute Gasteiger partial charge is 0.233 e. The highest BCUT2D eigenvalue weighted by molar-refractivity contribution is 5.77. The van der Waals surface area contributed by atoms with Gasteiger partial charge < -0.3 is 10.6 Å². The summed E-state index contributed by atoms with van der Waals surface area (Å²) in [5.41, 5.74) is 0. The molecular weight excluding hydrogens is 200 g/mol. The average molecular weight is 228 g/mol. The van der Waals surface area contributed by atoms with Crippen molar-refractivity contribution in [1.29, 1.82) is 0 Å². The standard InChI is InChI=1S/C13H28N2O/c1-6-7-15-13(16)9-14-8-12(10(2)3)11(4)5/h10-12,14H,6-9H2,1-5H3,(H,15,16). The zero-order chi connectivity index (χ0) is 12.6. The summed E-state index contributed by atoms with van der Waals surface area (Å²) < 4.78 is 0. The molecule has 0 saturated carbocycles. The fraction of sp³-hybridized carbons (Fsp3) is 0.923. The molecule has 0 atom stereocenters. The van der Waals surface area contributed by atoms with E-state index in [4.69, 9.17) is 0 Å². The lowest BCUT2D eigenvalue weighted by Crippen LogP contribution is -2.38. The van der Waals surface area contributed by atoms with Crippen LogP contribution in [-0.4, -0.2) is 25.5 Å². The van der Waals surface area contributed by atoms with Crippen LogP contribution in [0.3, 0.4) is 0 Å². The second kappa shape index (κ2) is 8.57. The minimum Gasteiger partial charge on any atom is -0.355 e. The normalized spacial score (nSPS) is 11.5. The highest BCUT2D eigenvalue weighted by Gasteiger charge is 2.16. The minimum atomic E-state index is 0.105. The summed E-state index contributed by atoms with van der Waals surface area (Å²) >= 11 is 0. The average Bonchev–Trinajstić information content (AvgIpc) is 2.20. The zero-order valence-electron chi connectivity index (χ0n) is 11.5. The fourth-order valence-electron chi connectivity index (χ4n) is 1.92. The molecule has 0 spiro atoms. The molecule has 0 aromatic rings. The molecule has 0 unspecified atom stereocenters. The first-order valence-electron chi connectivity index (χ1n) is 6.46. The Morgan fingerprint density at radius 1 is 1.12 bits per heavy atom. The minimum absolute atomic E-state index is 0.105. The van der Waals surface area contributed by atoms with E-state index in [2.05, 4.69) is 45.3 Å². The molecule has 96 valence electrons. The Bertz CT molecular complexity index is 182. The van der Waals surface area contributed by atoms with Gasteiger partial charge in [-0.15, -0.1) is 0 Å². The molecule has 16 heavy (non-hydrogen) atoms. The first kappa shape index (κ1) is 15.4. The molecule has 2 N–H and O–H groups in total. The molecule has 0 aliphatic heterocycles. The van der Waals surface area contributed by atoms with E-state index in [-0.39, 0.29) is 5.91 Å². The van der Waals surface area contributed by atoms with Gasteiger partial charge in [0, 0.05) is 6.54 Å². The number of amides is 1. The van der Waals surface area contributed by atoms with Gasteiger partial charge in [0.15, 0.2) is 0 Å². The molecular formula is C13H28N2O. The predicted molar refractivity (Wildman–Crippen MR) is 69.3 cm³/mol. The molecule has 3 nitrogen and oxygen atoms in total. The molecule has 0 aliphatic carbocycles. The summed E-state index contributed by atoms with van der Waals surface area (Å²) in [5, 5.41) is 6.11. The van der Waals surface area contributed by atoms with Crippen LogP contribution in [0.5, 0.6) is 0 Å². The van der Waals surface area contributed by atoms with Crippen LogP contribution in [0.2, 0.25) is 0 Å². The van der Waals surface area contributed by atoms with Crippen molar-refractivity contribution in [3.8, 4) is 0 Å². The van der Waals surface area contributed by atoms with E-state index in [1.807, 2.05) is 0 Å². The maximum Gasteiger partial charge on any atom is 0.233 e. The van der Waals surface area contributed by atoms with Gasteiger partial charge in [0.1, 0.15) is 0 Å². The van der Waals surface area contributed by atoms with E-state index in [1.54, 1.807) is 0 Å². The highest BCUT2D eigenvalue weighted by atomic mass is 16.1. The van der Waals surface area contributed by atoms with Crippen LogP contribution in [-0.2, 0) is 4.79 Å². The summed E-state index contributed by atoms with van der Waals surface area (Å²) in [4.78, 5) is 11.3. The lowest BCUT2D eigenvalue weighted by Gasteiger charge is -2.25. The van der Waals surface area contributed by atoms with Crippen LogP contribution in [0.4, 0.5) is 0 Å². The zero-order valence-corrected chi connectivity index (χ0v) is 11.5. The number of carbonyl (C=O) groups is 1. The molecule has 0 rings (SSSR count). The monoisotopic (exact) mass is 228 g/mol. The topological polar surface area (TPSA) is 41.1 Å². The molecule has 1 amide bonds. The van der Waals surface area contributed by atoms with Crippen LogP contribution in [0, 0.1) is 17.8 Å². The molecule has 0 aliphatic rings. The second-order valence-corrected chi connectivity index (χ2v) is 5.13. The van der Waals surface area contributed by atoms with Gasteiger partial charge in [0.05, 0.1) is 6.54 Å². The Morgan fingerprint density at radius 3 is 2.12 bits per heavy atom. The third-order valence-corrected chi connectivity index (χ3v) is 2.95. The van der Waals surface area contributed by atoms with Crippen molar-refractivity contribution >= 4 is 5.91 Å². The predicted octanol–water partition coefficient (Wildman–Crippen LogP) is 2.03. The van der Waals surface area contributed by atoms with Crippen LogP contribution in [0.25, 0.3) is 0 Å².